The molecule has 0 heterocycles. The zero-order valence-corrected chi connectivity index (χ0v) is 9.19. The third-order valence-corrected chi connectivity index (χ3v) is 1.99. The number of hydrogen-bond donors (Lipinski definition) is 1. The Hall–Kier alpha value is -0.650. The largest absolute Gasteiger partial charge is 0.396 e. The highest BCUT2D eigenvalue weighted by Gasteiger charge is 2.28. The maximum atomic E-state index is 11.6. The van der Waals surface area contributed by atoms with Gasteiger partial charge in [-0.05, 0) is 6.42 Å². The second-order valence-electron chi connectivity index (χ2n) is 3.18. The number of nitrogens with zero attached hydrogens (tertiary/aromatic N) is 1. The molecule has 0 aliphatic heterocycles. The van der Waals surface area contributed by atoms with Crippen molar-refractivity contribution in [3.05, 3.63) is 0 Å². The standard InChI is InChI=1S/C9H19NO4/c1-10(2)9(12)8(14-4)7(13-3)5-6-11/h7-8,11H,5-6H2,1-4H3. The van der Waals surface area contributed by atoms with Gasteiger partial charge in [-0.3, -0.25) is 4.79 Å². The number of aliphatic hydroxyl groups excluding tert-OH is 1. The van der Waals surface area contributed by atoms with Gasteiger partial charge >= 0.3 is 0 Å². The highest BCUT2D eigenvalue weighted by Crippen LogP contribution is 2.09. The highest BCUT2D eigenvalue weighted by molar-refractivity contribution is 5.81. The molecule has 5 nitrogen and oxygen atoms in total. The van der Waals surface area contributed by atoms with Crippen molar-refractivity contribution in [1.82, 2.24) is 4.90 Å². The SMILES string of the molecule is COC(CCO)C(OC)C(=O)N(C)C. The summed E-state index contributed by atoms with van der Waals surface area (Å²) in [6.07, 6.45) is -0.670. The van der Waals surface area contributed by atoms with Crippen LogP contribution >= 0.6 is 0 Å². The zero-order chi connectivity index (χ0) is 11.1. The Kier molecular flexibility index (Phi) is 6.44. The van der Waals surface area contributed by atoms with E-state index in [1.165, 1.54) is 19.1 Å². The van der Waals surface area contributed by atoms with E-state index >= 15 is 0 Å². The average molecular weight is 205 g/mol. The molecule has 0 saturated heterocycles. The molecular weight excluding hydrogens is 186 g/mol. The number of carbonyl (C=O) groups is 1. The van der Waals surface area contributed by atoms with Gasteiger partial charge in [0.05, 0.1) is 6.10 Å². The van der Waals surface area contributed by atoms with Crippen LogP contribution in [-0.2, 0) is 14.3 Å². The Balaban J connectivity index is 4.42. The van der Waals surface area contributed by atoms with E-state index in [1.807, 2.05) is 0 Å². The number of ether oxygens (including phenoxy) is 2. The summed E-state index contributed by atoms with van der Waals surface area (Å²) in [6.45, 7) is -0.0287. The molecule has 0 aliphatic carbocycles. The Bertz CT molecular complexity index is 172. The molecule has 0 aromatic carbocycles. The van der Waals surface area contributed by atoms with E-state index in [1.54, 1.807) is 14.1 Å². The van der Waals surface area contributed by atoms with Gasteiger partial charge in [0.1, 0.15) is 0 Å². The molecule has 0 aromatic rings. The van der Waals surface area contributed by atoms with Gasteiger partial charge in [-0.15, -0.1) is 0 Å². The van der Waals surface area contributed by atoms with E-state index in [2.05, 4.69) is 0 Å². The summed E-state index contributed by atoms with van der Waals surface area (Å²) in [7, 11) is 6.25. The monoisotopic (exact) mass is 205 g/mol. The van der Waals surface area contributed by atoms with Crippen molar-refractivity contribution in [3.63, 3.8) is 0 Å². The lowest BCUT2D eigenvalue weighted by atomic mass is 10.1. The van der Waals surface area contributed by atoms with Gasteiger partial charge in [-0.1, -0.05) is 0 Å². The first-order valence-electron chi connectivity index (χ1n) is 4.46. The molecule has 0 saturated carbocycles. The fraction of sp³-hybridized carbons (Fsp3) is 0.889. The van der Waals surface area contributed by atoms with Crippen molar-refractivity contribution < 1.29 is 19.4 Å². The normalized spacial score (nSPS) is 14.9. The second-order valence-corrected chi connectivity index (χ2v) is 3.18. The summed E-state index contributed by atoms with van der Waals surface area (Å²) in [6, 6.07) is 0. The summed E-state index contributed by atoms with van der Waals surface area (Å²) in [5.74, 6) is -0.159. The van der Waals surface area contributed by atoms with Crippen molar-refractivity contribution >= 4 is 5.91 Å². The van der Waals surface area contributed by atoms with Crippen molar-refractivity contribution in [1.29, 1.82) is 0 Å². The predicted molar refractivity (Wildman–Crippen MR) is 52.0 cm³/mol. The van der Waals surface area contributed by atoms with Crippen LogP contribution in [0.2, 0.25) is 0 Å². The van der Waals surface area contributed by atoms with Gasteiger partial charge < -0.3 is 19.5 Å². The van der Waals surface area contributed by atoms with Crippen LogP contribution in [0, 0.1) is 0 Å². The number of aliphatic hydroxyl groups is 1. The number of rotatable bonds is 6. The van der Waals surface area contributed by atoms with Gasteiger partial charge in [0.2, 0.25) is 0 Å². The molecule has 0 fully saturated rings. The van der Waals surface area contributed by atoms with Crippen molar-refractivity contribution in [3.8, 4) is 0 Å². The van der Waals surface area contributed by atoms with Crippen molar-refractivity contribution in [2.24, 2.45) is 0 Å². The minimum absolute atomic E-state index is 0.0287. The van der Waals surface area contributed by atoms with Gasteiger partial charge in [-0.2, -0.15) is 0 Å². The highest BCUT2D eigenvalue weighted by atomic mass is 16.5. The van der Waals surface area contributed by atoms with Gasteiger partial charge in [0, 0.05) is 34.9 Å². The van der Waals surface area contributed by atoms with E-state index in [4.69, 9.17) is 14.6 Å². The van der Waals surface area contributed by atoms with Crippen LogP contribution in [-0.4, -0.2) is 63.0 Å². The lowest BCUT2D eigenvalue weighted by Gasteiger charge is -2.25. The molecule has 0 rings (SSSR count). The van der Waals surface area contributed by atoms with Crippen LogP contribution in [0.5, 0.6) is 0 Å². The Labute approximate surface area is 84.6 Å². The maximum absolute atomic E-state index is 11.6. The van der Waals surface area contributed by atoms with E-state index in [0.717, 1.165) is 0 Å². The molecule has 2 unspecified atom stereocenters. The first-order valence-corrected chi connectivity index (χ1v) is 4.46. The minimum atomic E-state index is -0.651. The predicted octanol–water partition coefficient (Wildman–Crippen LogP) is -0.513. The average Bonchev–Trinajstić information content (AvgIpc) is 2.17. The minimum Gasteiger partial charge on any atom is -0.396 e. The Morgan fingerprint density at radius 1 is 1.36 bits per heavy atom. The van der Waals surface area contributed by atoms with E-state index in [-0.39, 0.29) is 12.5 Å². The molecular formula is C9H19NO4. The first kappa shape index (κ1) is 13.4. The van der Waals surface area contributed by atoms with Crippen LogP contribution in [0.4, 0.5) is 0 Å². The van der Waals surface area contributed by atoms with Crippen LogP contribution in [0.3, 0.4) is 0 Å². The van der Waals surface area contributed by atoms with Crippen LogP contribution in [0.1, 0.15) is 6.42 Å². The first-order chi connectivity index (χ1) is 6.58. The zero-order valence-electron chi connectivity index (χ0n) is 9.19. The van der Waals surface area contributed by atoms with Crippen molar-refractivity contribution in [2.45, 2.75) is 18.6 Å². The molecule has 0 radical (unpaired) electrons. The fourth-order valence-corrected chi connectivity index (χ4v) is 1.19. The van der Waals surface area contributed by atoms with Gasteiger partial charge in [-0.25, -0.2) is 0 Å². The van der Waals surface area contributed by atoms with Crippen LogP contribution in [0.15, 0.2) is 0 Å². The van der Waals surface area contributed by atoms with Gasteiger partial charge in [0.25, 0.3) is 5.91 Å². The van der Waals surface area contributed by atoms with E-state index < -0.39 is 12.2 Å². The Morgan fingerprint density at radius 2 is 1.93 bits per heavy atom. The second kappa shape index (κ2) is 6.75. The lowest BCUT2D eigenvalue weighted by Crippen LogP contribution is -2.44. The molecule has 0 bridgehead atoms. The van der Waals surface area contributed by atoms with E-state index in [9.17, 15) is 4.79 Å². The quantitative estimate of drug-likeness (QED) is 0.634. The van der Waals surface area contributed by atoms with Gasteiger partial charge in [0.15, 0.2) is 6.10 Å². The van der Waals surface area contributed by atoms with Crippen molar-refractivity contribution in [2.75, 3.05) is 34.9 Å². The third kappa shape index (κ3) is 3.61. The topological polar surface area (TPSA) is 59.0 Å². The molecule has 0 spiro atoms. The molecule has 14 heavy (non-hydrogen) atoms. The smallest absolute Gasteiger partial charge is 0.253 e. The Morgan fingerprint density at radius 3 is 2.21 bits per heavy atom. The number of carbonyl (C=O) groups excluding carboxylic acids is 1. The molecule has 2 atom stereocenters. The molecule has 1 amide bonds. The molecule has 0 aliphatic rings. The van der Waals surface area contributed by atoms with E-state index in [0.29, 0.717) is 6.42 Å². The molecule has 1 N–H and O–H groups in total. The van der Waals surface area contributed by atoms with Crippen LogP contribution in [0.25, 0.3) is 0 Å². The number of amides is 1. The molecule has 84 valence electrons. The number of methoxy groups -OCH3 is 2. The summed E-state index contributed by atoms with van der Waals surface area (Å²) in [4.78, 5) is 13.0. The maximum Gasteiger partial charge on any atom is 0.253 e. The fourth-order valence-electron chi connectivity index (χ4n) is 1.19. The summed E-state index contributed by atoms with van der Waals surface area (Å²) >= 11 is 0. The number of hydrogen-bond acceptors (Lipinski definition) is 4. The van der Waals surface area contributed by atoms with Crippen LogP contribution < -0.4 is 0 Å². The summed E-state index contributed by atoms with van der Waals surface area (Å²) < 4.78 is 10.1. The lowest BCUT2D eigenvalue weighted by molar-refractivity contribution is -0.148. The summed E-state index contributed by atoms with van der Waals surface area (Å²) in [5, 5.41) is 8.77. The third-order valence-electron chi connectivity index (χ3n) is 1.99. The molecule has 5 heteroatoms. The molecule has 0 aromatic heterocycles. The summed E-state index contributed by atoms with van der Waals surface area (Å²) in [5.41, 5.74) is 0. The number of likely N-dealkylation sites (N-methyl/N-ethyl adjacent to an activating group) is 1.